The topological polar surface area (TPSA) is 49.4 Å². The largest absolute Gasteiger partial charge is 0.344 e. The zero-order valence-corrected chi connectivity index (χ0v) is 12.7. The molecule has 2 heterocycles. The first-order valence-electron chi connectivity index (χ1n) is 8.80. The number of likely N-dealkylation sites (tertiary alicyclic amines) is 1. The van der Waals surface area contributed by atoms with Gasteiger partial charge >= 0.3 is 0 Å². The number of fused-ring (bicyclic) bond motifs is 2. The monoisotopic (exact) mass is 290 g/mol. The Balaban J connectivity index is 1.38. The first kappa shape index (κ1) is 13.6. The molecule has 4 fully saturated rings. The van der Waals surface area contributed by atoms with Crippen LogP contribution in [0.1, 0.15) is 57.8 Å². The summed E-state index contributed by atoms with van der Waals surface area (Å²) in [6.07, 6.45) is 10.5. The van der Waals surface area contributed by atoms with Gasteiger partial charge in [0.15, 0.2) is 0 Å². The molecule has 1 N–H and O–H groups in total. The number of nitrogens with one attached hydrogen (secondary N) is 1. The lowest BCUT2D eigenvalue weighted by molar-refractivity contribution is -0.135. The van der Waals surface area contributed by atoms with Crippen LogP contribution in [0.5, 0.6) is 0 Å². The second-order valence-corrected chi connectivity index (χ2v) is 7.66. The van der Waals surface area contributed by atoms with E-state index in [1.807, 2.05) is 0 Å². The zero-order valence-electron chi connectivity index (χ0n) is 12.7. The molecule has 2 saturated heterocycles. The molecule has 116 valence electrons. The van der Waals surface area contributed by atoms with Crippen LogP contribution < -0.4 is 5.32 Å². The van der Waals surface area contributed by atoms with Crippen LogP contribution in [0.4, 0.5) is 0 Å². The Labute approximate surface area is 126 Å². The van der Waals surface area contributed by atoms with Gasteiger partial charge in [-0.15, -0.1) is 0 Å². The second kappa shape index (κ2) is 5.29. The Kier molecular flexibility index (Phi) is 3.43. The van der Waals surface area contributed by atoms with Crippen molar-refractivity contribution in [1.82, 2.24) is 10.2 Å². The van der Waals surface area contributed by atoms with Gasteiger partial charge in [-0.1, -0.05) is 6.42 Å². The Morgan fingerprint density at radius 3 is 2.76 bits per heavy atom. The van der Waals surface area contributed by atoms with E-state index in [2.05, 4.69) is 10.2 Å². The lowest BCUT2D eigenvalue weighted by Gasteiger charge is -2.31. The highest BCUT2D eigenvalue weighted by molar-refractivity contribution is 5.91. The summed E-state index contributed by atoms with van der Waals surface area (Å²) in [6.45, 7) is 0.899. The quantitative estimate of drug-likeness (QED) is 0.865. The van der Waals surface area contributed by atoms with Crippen molar-refractivity contribution in [2.45, 2.75) is 69.9 Å². The third kappa shape index (κ3) is 2.47. The summed E-state index contributed by atoms with van der Waals surface area (Å²) in [6, 6.07) is 0.206. The smallest absolute Gasteiger partial charge is 0.245 e. The molecule has 21 heavy (non-hydrogen) atoms. The van der Waals surface area contributed by atoms with E-state index in [1.165, 1.54) is 38.5 Å². The SMILES string of the molecule is O=C1CC[C@H](C(=O)N2CCC[C@H]2C[C@@H]2C[C@H]3CC[C@H]2C3)N1. The molecule has 4 heteroatoms. The first-order chi connectivity index (χ1) is 10.2. The second-order valence-electron chi connectivity index (χ2n) is 7.66. The first-order valence-corrected chi connectivity index (χ1v) is 8.80. The highest BCUT2D eigenvalue weighted by atomic mass is 16.2. The molecule has 2 saturated carbocycles. The number of hydrogen-bond donors (Lipinski definition) is 1. The number of carbonyl (C=O) groups is 2. The summed E-state index contributed by atoms with van der Waals surface area (Å²) >= 11 is 0. The van der Waals surface area contributed by atoms with Crippen LogP contribution in [-0.4, -0.2) is 35.3 Å². The molecule has 0 aromatic heterocycles. The van der Waals surface area contributed by atoms with Gasteiger partial charge < -0.3 is 10.2 Å². The molecule has 4 rings (SSSR count). The molecule has 5 atom stereocenters. The Morgan fingerprint density at radius 1 is 1.19 bits per heavy atom. The van der Waals surface area contributed by atoms with Gasteiger partial charge in [-0.25, -0.2) is 0 Å². The molecule has 2 amide bonds. The van der Waals surface area contributed by atoms with E-state index < -0.39 is 0 Å². The minimum absolute atomic E-state index is 0.0391. The van der Waals surface area contributed by atoms with Crippen LogP contribution in [0.3, 0.4) is 0 Å². The van der Waals surface area contributed by atoms with E-state index >= 15 is 0 Å². The third-order valence-corrected chi connectivity index (χ3v) is 6.41. The van der Waals surface area contributed by atoms with E-state index in [4.69, 9.17) is 0 Å². The molecule has 2 bridgehead atoms. The Bertz CT molecular complexity index is 450. The van der Waals surface area contributed by atoms with Crippen molar-refractivity contribution in [1.29, 1.82) is 0 Å². The molecular weight excluding hydrogens is 264 g/mol. The fraction of sp³-hybridized carbons (Fsp3) is 0.882. The van der Waals surface area contributed by atoms with Gasteiger partial charge in [0.25, 0.3) is 0 Å². The maximum atomic E-state index is 12.6. The van der Waals surface area contributed by atoms with Gasteiger partial charge in [0.2, 0.25) is 11.8 Å². The van der Waals surface area contributed by atoms with E-state index in [0.29, 0.717) is 18.9 Å². The van der Waals surface area contributed by atoms with Gasteiger partial charge in [-0.05, 0) is 62.7 Å². The normalized spacial score (nSPS) is 41.8. The molecular formula is C17H26N2O2. The van der Waals surface area contributed by atoms with Gasteiger partial charge in [0.05, 0.1) is 0 Å². The standard InChI is InChI=1S/C17H26N2O2/c20-16-6-5-15(18-16)17(21)19-7-1-2-14(19)10-13-9-11-3-4-12(13)8-11/h11-15H,1-10H2,(H,18,20)/t11-,12-,13-,14-,15+/m0/s1. The molecule has 0 aromatic carbocycles. The summed E-state index contributed by atoms with van der Waals surface area (Å²) in [5.41, 5.74) is 0. The minimum atomic E-state index is -0.238. The van der Waals surface area contributed by atoms with Gasteiger partial charge in [-0.2, -0.15) is 0 Å². The summed E-state index contributed by atoms with van der Waals surface area (Å²) in [5.74, 6) is 3.02. The molecule has 0 spiro atoms. The van der Waals surface area contributed by atoms with Crippen LogP contribution in [-0.2, 0) is 9.59 Å². The van der Waals surface area contributed by atoms with Crippen molar-refractivity contribution >= 4 is 11.8 Å². The zero-order chi connectivity index (χ0) is 14.4. The summed E-state index contributed by atoms with van der Waals surface area (Å²) < 4.78 is 0. The van der Waals surface area contributed by atoms with Crippen molar-refractivity contribution in [3.8, 4) is 0 Å². The van der Waals surface area contributed by atoms with Crippen molar-refractivity contribution in [3.05, 3.63) is 0 Å². The minimum Gasteiger partial charge on any atom is -0.344 e. The maximum absolute atomic E-state index is 12.6. The summed E-state index contributed by atoms with van der Waals surface area (Å²) in [5, 5.41) is 2.84. The maximum Gasteiger partial charge on any atom is 0.245 e. The Morgan fingerprint density at radius 2 is 2.10 bits per heavy atom. The fourth-order valence-electron chi connectivity index (χ4n) is 5.38. The van der Waals surface area contributed by atoms with E-state index in [1.54, 1.807) is 0 Å². The molecule has 0 unspecified atom stereocenters. The fourth-order valence-corrected chi connectivity index (χ4v) is 5.38. The van der Waals surface area contributed by atoms with Crippen molar-refractivity contribution in [2.24, 2.45) is 17.8 Å². The number of hydrogen-bond acceptors (Lipinski definition) is 2. The predicted molar refractivity (Wildman–Crippen MR) is 79.5 cm³/mol. The molecule has 2 aliphatic heterocycles. The summed E-state index contributed by atoms with van der Waals surface area (Å²) in [7, 11) is 0. The highest BCUT2D eigenvalue weighted by Gasteiger charge is 2.43. The summed E-state index contributed by atoms with van der Waals surface area (Å²) in [4.78, 5) is 26.1. The molecule has 0 aromatic rings. The number of carbonyl (C=O) groups excluding carboxylic acids is 2. The molecule has 4 aliphatic rings. The highest BCUT2D eigenvalue weighted by Crippen LogP contribution is 2.50. The average molecular weight is 290 g/mol. The number of amides is 2. The van der Waals surface area contributed by atoms with Crippen LogP contribution in [0.25, 0.3) is 0 Å². The van der Waals surface area contributed by atoms with Crippen molar-refractivity contribution in [2.75, 3.05) is 6.54 Å². The van der Waals surface area contributed by atoms with Crippen LogP contribution in [0.2, 0.25) is 0 Å². The van der Waals surface area contributed by atoms with Crippen LogP contribution in [0.15, 0.2) is 0 Å². The Hall–Kier alpha value is -1.06. The van der Waals surface area contributed by atoms with Crippen LogP contribution in [0, 0.1) is 17.8 Å². The van der Waals surface area contributed by atoms with Crippen molar-refractivity contribution < 1.29 is 9.59 Å². The average Bonchev–Trinajstić information content (AvgIpc) is 3.21. The van der Waals surface area contributed by atoms with Crippen LogP contribution >= 0.6 is 0 Å². The molecule has 4 nitrogen and oxygen atoms in total. The third-order valence-electron chi connectivity index (χ3n) is 6.41. The lowest BCUT2D eigenvalue weighted by atomic mass is 9.83. The van der Waals surface area contributed by atoms with E-state index in [-0.39, 0.29) is 17.9 Å². The number of nitrogens with zero attached hydrogens (tertiary/aromatic N) is 1. The van der Waals surface area contributed by atoms with Gasteiger partial charge in [0, 0.05) is 19.0 Å². The van der Waals surface area contributed by atoms with Gasteiger partial charge in [-0.3, -0.25) is 9.59 Å². The van der Waals surface area contributed by atoms with Gasteiger partial charge in [0.1, 0.15) is 6.04 Å². The van der Waals surface area contributed by atoms with Crippen molar-refractivity contribution in [3.63, 3.8) is 0 Å². The van der Waals surface area contributed by atoms with E-state index in [0.717, 1.165) is 30.7 Å². The lowest BCUT2D eigenvalue weighted by Crippen LogP contribution is -2.47. The number of rotatable bonds is 3. The molecule has 2 aliphatic carbocycles. The molecule has 0 radical (unpaired) electrons. The predicted octanol–water partition coefficient (Wildman–Crippen LogP) is 2.08. The van der Waals surface area contributed by atoms with E-state index in [9.17, 15) is 9.59 Å².